The molecule has 8 aromatic carbocycles. The fourth-order valence-corrected chi connectivity index (χ4v) is 9.08. The van der Waals surface area contributed by atoms with E-state index in [1.165, 1.54) is 42.4 Å². The summed E-state index contributed by atoms with van der Waals surface area (Å²) in [7, 11) is 0. The van der Waals surface area contributed by atoms with Crippen molar-refractivity contribution in [3.63, 3.8) is 0 Å². The van der Waals surface area contributed by atoms with Gasteiger partial charge in [-0.2, -0.15) is 0 Å². The first-order valence-corrected chi connectivity index (χ1v) is 19.9. The van der Waals surface area contributed by atoms with Gasteiger partial charge in [-0.15, -0.1) is 11.3 Å². The summed E-state index contributed by atoms with van der Waals surface area (Å²) in [5.74, 6) is 1.46. The van der Waals surface area contributed by atoms with E-state index in [2.05, 4.69) is 146 Å². The zero-order valence-corrected chi connectivity index (χ0v) is 31.5. The Bertz CT molecular complexity index is 3270. The predicted octanol–water partition coefficient (Wildman–Crippen LogP) is 13.9. The topological polar surface area (TPSA) is 51.6 Å². The Morgan fingerprint density at radius 2 is 0.772 bits per heavy atom. The monoisotopic (exact) mass is 744 g/mol. The van der Waals surface area contributed by atoms with Crippen LogP contribution in [-0.4, -0.2) is 19.9 Å². The maximum atomic E-state index is 5.09. The Morgan fingerprint density at radius 1 is 0.298 bits per heavy atom. The highest BCUT2D eigenvalue weighted by atomic mass is 32.1. The Kier molecular flexibility index (Phi) is 7.97. The maximum Gasteiger partial charge on any atom is 0.160 e. The zero-order chi connectivity index (χ0) is 37.7. The molecular formula is C52H32N4S. The van der Waals surface area contributed by atoms with Crippen LogP contribution in [0.25, 0.3) is 110 Å². The molecule has 0 aliphatic heterocycles. The van der Waals surface area contributed by atoms with Gasteiger partial charge in [-0.3, -0.25) is 0 Å². The third-order valence-corrected chi connectivity index (χ3v) is 11.9. The number of thiophene rings is 1. The summed E-state index contributed by atoms with van der Waals surface area (Å²) >= 11 is 1.85. The van der Waals surface area contributed by atoms with Gasteiger partial charge in [-0.25, -0.2) is 19.9 Å². The molecule has 5 heteroatoms. The number of rotatable bonds is 6. The van der Waals surface area contributed by atoms with Gasteiger partial charge in [0.2, 0.25) is 0 Å². The van der Waals surface area contributed by atoms with Crippen molar-refractivity contribution >= 4 is 53.3 Å². The molecule has 0 saturated heterocycles. The van der Waals surface area contributed by atoms with Crippen LogP contribution in [0.15, 0.2) is 194 Å². The van der Waals surface area contributed by atoms with Crippen LogP contribution in [0, 0.1) is 0 Å². The number of hydrogen-bond acceptors (Lipinski definition) is 5. The van der Waals surface area contributed by atoms with Crippen molar-refractivity contribution in [3.05, 3.63) is 194 Å². The Labute approximate surface area is 333 Å². The molecule has 266 valence electrons. The van der Waals surface area contributed by atoms with Crippen LogP contribution in [0.4, 0.5) is 0 Å². The van der Waals surface area contributed by atoms with Gasteiger partial charge >= 0.3 is 0 Å². The third kappa shape index (κ3) is 5.93. The second-order valence-electron chi connectivity index (χ2n) is 14.2. The van der Waals surface area contributed by atoms with Crippen LogP contribution in [0.2, 0.25) is 0 Å². The maximum absolute atomic E-state index is 5.09. The Balaban J connectivity index is 0.934. The summed E-state index contributed by atoms with van der Waals surface area (Å²) in [5.41, 5.74) is 12.7. The standard InChI is InChI=1S/C52H32N4S/c1-3-12-37(13-4-1)51-53-45-20-9-7-16-42(45)48(55-51)35-26-22-33(23-27-35)39-30-31-47-44(32-39)41-19-11-18-40(50(41)57-47)34-24-28-36(29-25-34)49-43-17-8-10-21-46(43)54-52(56-49)38-14-5-2-6-15-38/h1-32H. The lowest BCUT2D eigenvalue weighted by Crippen LogP contribution is -1.95. The van der Waals surface area contributed by atoms with Crippen LogP contribution in [0.5, 0.6) is 0 Å². The van der Waals surface area contributed by atoms with Crippen LogP contribution in [0.3, 0.4) is 0 Å². The van der Waals surface area contributed by atoms with E-state index in [1.54, 1.807) is 0 Å². The first kappa shape index (κ1) is 33.0. The first-order valence-electron chi connectivity index (χ1n) is 19.0. The molecule has 0 bridgehead atoms. The third-order valence-electron chi connectivity index (χ3n) is 10.7. The molecule has 0 unspecified atom stereocenters. The van der Waals surface area contributed by atoms with Gasteiger partial charge in [0.25, 0.3) is 0 Å². The normalized spacial score (nSPS) is 11.5. The molecule has 0 N–H and O–H groups in total. The zero-order valence-electron chi connectivity index (χ0n) is 30.7. The average molecular weight is 745 g/mol. The molecule has 0 aliphatic rings. The van der Waals surface area contributed by atoms with E-state index in [4.69, 9.17) is 19.9 Å². The molecular weight excluding hydrogens is 713 g/mol. The summed E-state index contributed by atoms with van der Waals surface area (Å²) in [6, 6.07) is 68.0. The largest absolute Gasteiger partial charge is 0.228 e. The highest BCUT2D eigenvalue weighted by molar-refractivity contribution is 7.26. The summed E-state index contributed by atoms with van der Waals surface area (Å²) in [6.45, 7) is 0. The second-order valence-corrected chi connectivity index (χ2v) is 15.3. The van der Waals surface area contributed by atoms with E-state index in [0.717, 1.165) is 67.1 Å². The van der Waals surface area contributed by atoms with E-state index in [1.807, 2.05) is 59.9 Å². The van der Waals surface area contributed by atoms with Crippen LogP contribution in [-0.2, 0) is 0 Å². The number of aromatic nitrogens is 4. The SMILES string of the molecule is c1ccc(-c2nc(-c3ccc(-c4ccc5sc6c(-c7ccc(-c8nc(-c9ccccc9)nc9ccccc89)cc7)cccc6c5c4)cc3)c3ccccc3n2)cc1. The highest BCUT2D eigenvalue weighted by Gasteiger charge is 2.16. The van der Waals surface area contributed by atoms with Crippen molar-refractivity contribution < 1.29 is 0 Å². The smallest absolute Gasteiger partial charge is 0.160 e. The minimum absolute atomic E-state index is 0.732. The number of fused-ring (bicyclic) bond motifs is 5. The van der Waals surface area contributed by atoms with Gasteiger partial charge in [-0.05, 0) is 46.5 Å². The average Bonchev–Trinajstić information content (AvgIpc) is 3.67. The van der Waals surface area contributed by atoms with Crippen molar-refractivity contribution in [2.45, 2.75) is 0 Å². The number of hydrogen-bond donors (Lipinski definition) is 0. The van der Waals surface area contributed by atoms with Gasteiger partial charge < -0.3 is 0 Å². The minimum Gasteiger partial charge on any atom is -0.228 e. The lowest BCUT2D eigenvalue weighted by Gasteiger charge is -2.10. The molecule has 0 saturated carbocycles. The molecule has 11 aromatic rings. The van der Waals surface area contributed by atoms with Crippen molar-refractivity contribution in [2.75, 3.05) is 0 Å². The van der Waals surface area contributed by atoms with Crippen molar-refractivity contribution in [2.24, 2.45) is 0 Å². The summed E-state index contributed by atoms with van der Waals surface area (Å²) in [5, 5.41) is 4.62. The molecule has 0 spiro atoms. The summed E-state index contributed by atoms with van der Waals surface area (Å²) < 4.78 is 2.56. The predicted molar refractivity (Wildman–Crippen MR) is 238 cm³/mol. The highest BCUT2D eigenvalue weighted by Crippen LogP contribution is 2.42. The number of benzene rings is 8. The summed E-state index contributed by atoms with van der Waals surface area (Å²) in [4.78, 5) is 20.0. The van der Waals surface area contributed by atoms with Gasteiger partial charge in [0.15, 0.2) is 11.6 Å². The van der Waals surface area contributed by atoms with E-state index in [-0.39, 0.29) is 0 Å². The molecule has 0 amide bonds. The van der Waals surface area contributed by atoms with Crippen molar-refractivity contribution in [3.8, 4) is 67.5 Å². The van der Waals surface area contributed by atoms with Gasteiger partial charge in [-0.1, -0.05) is 170 Å². The fourth-order valence-electron chi connectivity index (χ4n) is 7.86. The quantitative estimate of drug-likeness (QED) is 0.170. The van der Waals surface area contributed by atoms with E-state index < -0.39 is 0 Å². The van der Waals surface area contributed by atoms with Crippen molar-refractivity contribution in [1.82, 2.24) is 19.9 Å². The molecule has 0 fully saturated rings. The molecule has 0 atom stereocenters. The van der Waals surface area contributed by atoms with Crippen LogP contribution < -0.4 is 0 Å². The first-order chi connectivity index (χ1) is 28.2. The van der Waals surface area contributed by atoms with Gasteiger partial charge in [0.05, 0.1) is 22.4 Å². The van der Waals surface area contributed by atoms with Crippen LogP contribution in [0.1, 0.15) is 0 Å². The molecule has 3 heterocycles. The molecule has 11 rings (SSSR count). The van der Waals surface area contributed by atoms with Gasteiger partial charge in [0, 0.05) is 53.2 Å². The molecule has 4 nitrogen and oxygen atoms in total. The molecule has 0 radical (unpaired) electrons. The van der Waals surface area contributed by atoms with E-state index in [0.29, 0.717) is 0 Å². The molecule has 0 aliphatic carbocycles. The Morgan fingerprint density at radius 3 is 1.35 bits per heavy atom. The minimum atomic E-state index is 0.732. The van der Waals surface area contributed by atoms with E-state index in [9.17, 15) is 0 Å². The number of para-hydroxylation sites is 2. The fraction of sp³-hybridized carbons (Fsp3) is 0. The molecule has 57 heavy (non-hydrogen) atoms. The van der Waals surface area contributed by atoms with Gasteiger partial charge in [0.1, 0.15) is 0 Å². The Hall–Kier alpha value is -7.34. The lowest BCUT2D eigenvalue weighted by atomic mass is 9.98. The summed E-state index contributed by atoms with van der Waals surface area (Å²) in [6.07, 6.45) is 0. The van der Waals surface area contributed by atoms with Crippen LogP contribution >= 0.6 is 11.3 Å². The number of nitrogens with zero attached hydrogens (tertiary/aromatic N) is 4. The molecule has 3 aromatic heterocycles. The van der Waals surface area contributed by atoms with Crippen molar-refractivity contribution in [1.29, 1.82) is 0 Å². The van der Waals surface area contributed by atoms with E-state index >= 15 is 0 Å². The lowest BCUT2D eigenvalue weighted by molar-refractivity contribution is 1.23. The second kappa shape index (κ2) is 13.7.